The highest BCUT2D eigenvalue weighted by atomic mass is 127. The number of likely N-dealkylation sites (N-methyl/N-ethyl adjacent to an activating group) is 1. The van der Waals surface area contributed by atoms with Crippen LogP contribution in [0.5, 0.6) is 0 Å². The fourth-order valence-electron chi connectivity index (χ4n) is 3.28. The molecular formula is C16H24IN. The summed E-state index contributed by atoms with van der Waals surface area (Å²) in [5, 5.41) is 3.72. The third kappa shape index (κ3) is 3.70. The van der Waals surface area contributed by atoms with Gasteiger partial charge < -0.3 is 5.32 Å². The van der Waals surface area contributed by atoms with E-state index in [4.69, 9.17) is 0 Å². The van der Waals surface area contributed by atoms with Crippen molar-refractivity contribution in [2.75, 3.05) is 6.54 Å². The Morgan fingerprint density at radius 3 is 2.56 bits per heavy atom. The first kappa shape index (κ1) is 14.3. The molecule has 1 fully saturated rings. The SMILES string of the molecule is CCNC(Cc1ccc(I)cc1)C1CCCC1C. The van der Waals surface area contributed by atoms with Gasteiger partial charge in [-0.2, -0.15) is 0 Å². The molecule has 0 aliphatic heterocycles. The second kappa shape index (κ2) is 6.90. The maximum atomic E-state index is 3.72. The van der Waals surface area contributed by atoms with E-state index >= 15 is 0 Å². The number of nitrogens with one attached hydrogen (secondary N) is 1. The van der Waals surface area contributed by atoms with Crippen LogP contribution in [0.1, 0.15) is 38.7 Å². The second-order valence-electron chi connectivity index (χ2n) is 5.57. The van der Waals surface area contributed by atoms with Crippen LogP contribution in [0.15, 0.2) is 24.3 Å². The Kier molecular flexibility index (Phi) is 5.49. The Labute approximate surface area is 125 Å². The van der Waals surface area contributed by atoms with Gasteiger partial charge in [-0.05, 0) is 71.5 Å². The summed E-state index contributed by atoms with van der Waals surface area (Å²) in [5.41, 5.74) is 1.47. The zero-order valence-corrected chi connectivity index (χ0v) is 13.6. The molecule has 1 saturated carbocycles. The monoisotopic (exact) mass is 357 g/mol. The van der Waals surface area contributed by atoms with Gasteiger partial charge in [0.2, 0.25) is 0 Å². The van der Waals surface area contributed by atoms with Crippen molar-refractivity contribution >= 4 is 22.6 Å². The first-order valence-corrected chi connectivity index (χ1v) is 8.26. The molecular weight excluding hydrogens is 333 g/mol. The highest BCUT2D eigenvalue weighted by molar-refractivity contribution is 14.1. The first-order chi connectivity index (χ1) is 8.70. The van der Waals surface area contributed by atoms with Crippen molar-refractivity contribution < 1.29 is 0 Å². The normalized spacial score (nSPS) is 25.3. The molecule has 1 aliphatic rings. The molecule has 0 spiro atoms. The van der Waals surface area contributed by atoms with Crippen LogP contribution in [-0.4, -0.2) is 12.6 Å². The number of benzene rings is 1. The van der Waals surface area contributed by atoms with Gasteiger partial charge in [0.25, 0.3) is 0 Å². The van der Waals surface area contributed by atoms with E-state index in [-0.39, 0.29) is 0 Å². The summed E-state index contributed by atoms with van der Waals surface area (Å²) in [6.07, 6.45) is 5.42. The van der Waals surface area contributed by atoms with Crippen LogP contribution < -0.4 is 5.32 Å². The first-order valence-electron chi connectivity index (χ1n) is 7.18. The smallest absolute Gasteiger partial charge is 0.0138 e. The van der Waals surface area contributed by atoms with Gasteiger partial charge in [-0.3, -0.25) is 0 Å². The molecule has 0 bridgehead atoms. The van der Waals surface area contributed by atoms with Crippen LogP contribution >= 0.6 is 22.6 Å². The molecule has 18 heavy (non-hydrogen) atoms. The Balaban J connectivity index is 2.03. The van der Waals surface area contributed by atoms with Crippen LogP contribution in [0.25, 0.3) is 0 Å². The molecule has 0 heterocycles. The van der Waals surface area contributed by atoms with Crippen molar-refractivity contribution in [3.63, 3.8) is 0 Å². The van der Waals surface area contributed by atoms with Gasteiger partial charge in [-0.25, -0.2) is 0 Å². The maximum absolute atomic E-state index is 3.72. The minimum absolute atomic E-state index is 0.660. The number of halogens is 1. The molecule has 1 aromatic carbocycles. The van der Waals surface area contributed by atoms with Crippen LogP contribution in [0.2, 0.25) is 0 Å². The lowest BCUT2D eigenvalue weighted by Crippen LogP contribution is -2.39. The van der Waals surface area contributed by atoms with Gasteiger partial charge in [0.1, 0.15) is 0 Å². The quantitative estimate of drug-likeness (QED) is 0.777. The predicted octanol–water partition coefficient (Wildman–Crippen LogP) is 4.25. The summed E-state index contributed by atoms with van der Waals surface area (Å²) in [6, 6.07) is 9.67. The number of hydrogen-bond donors (Lipinski definition) is 1. The molecule has 0 radical (unpaired) electrons. The van der Waals surface area contributed by atoms with Gasteiger partial charge in [0.15, 0.2) is 0 Å². The average molecular weight is 357 g/mol. The van der Waals surface area contributed by atoms with Crippen molar-refractivity contribution in [1.82, 2.24) is 5.32 Å². The average Bonchev–Trinajstić information content (AvgIpc) is 2.78. The largest absolute Gasteiger partial charge is 0.314 e. The summed E-state index contributed by atoms with van der Waals surface area (Å²) in [7, 11) is 0. The minimum atomic E-state index is 0.660. The van der Waals surface area contributed by atoms with Gasteiger partial charge in [-0.15, -0.1) is 0 Å². The van der Waals surface area contributed by atoms with E-state index in [1.807, 2.05) is 0 Å². The lowest BCUT2D eigenvalue weighted by molar-refractivity contribution is 0.298. The second-order valence-corrected chi connectivity index (χ2v) is 6.81. The number of rotatable bonds is 5. The Bertz CT molecular complexity index is 360. The van der Waals surface area contributed by atoms with Crippen molar-refractivity contribution in [2.24, 2.45) is 11.8 Å². The zero-order chi connectivity index (χ0) is 13.0. The molecule has 1 aromatic rings. The number of hydrogen-bond acceptors (Lipinski definition) is 1. The Morgan fingerprint density at radius 2 is 2.00 bits per heavy atom. The molecule has 2 heteroatoms. The summed E-state index contributed by atoms with van der Waals surface area (Å²) >= 11 is 2.37. The van der Waals surface area contributed by atoms with E-state index in [0.717, 1.165) is 18.4 Å². The topological polar surface area (TPSA) is 12.0 Å². The summed E-state index contributed by atoms with van der Waals surface area (Å²) in [4.78, 5) is 0. The molecule has 1 nitrogen and oxygen atoms in total. The molecule has 2 rings (SSSR count). The lowest BCUT2D eigenvalue weighted by Gasteiger charge is -2.28. The van der Waals surface area contributed by atoms with Crippen LogP contribution in [0.3, 0.4) is 0 Å². The minimum Gasteiger partial charge on any atom is -0.314 e. The molecule has 1 N–H and O–H groups in total. The zero-order valence-electron chi connectivity index (χ0n) is 11.5. The molecule has 3 atom stereocenters. The van der Waals surface area contributed by atoms with Crippen molar-refractivity contribution in [2.45, 2.75) is 45.6 Å². The third-order valence-electron chi connectivity index (χ3n) is 4.28. The molecule has 0 saturated heterocycles. The molecule has 100 valence electrons. The fraction of sp³-hybridized carbons (Fsp3) is 0.625. The standard InChI is InChI=1S/C16H24IN/c1-3-18-16(15-6-4-5-12(15)2)11-13-7-9-14(17)10-8-13/h7-10,12,15-16,18H,3-6,11H2,1-2H3. The fourth-order valence-corrected chi connectivity index (χ4v) is 3.64. The van der Waals surface area contributed by atoms with Gasteiger partial charge in [0.05, 0.1) is 0 Å². The Morgan fingerprint density at radius 1 is 1.28 bits per heavy atom. The van der Waals surface area contributed by atoms with Gasteiger partial charge in [-0.1, -0.05) is 38.8 Å². The van der Waals surface area contributed by atoms with Crippen molar-refractivity contribution in [1.29, 1.82) is 0 Å². The van der Waals surface area contributed by atoms with E-state index < -0.39 is 0 Å². The molecule has 1 aliphatic carbocycles. The lowest BCUT2D eigenvalue weighted by atomic mass is 9.86. The molecule has 0 amide bonds. The van der Waals surface area contributed by atoms with E-state index in [9.17, 15) is 0 Å². The highest BCUT2D eigenvalue weighted by Gasteiger charge is 2.30. The Hall–Kier alpha value is -0.0900. The summed E-state index contributed by atoms with van der Waals surface area (Å²) in [5.74, 6) is 1.75. The third-order valence-corrected chi connectivity index (χ3v) is 5.00. The summed E-state index contributed by atoms with van der Waals surface area (Å²) < 4.78 is 1.32. The highest BCUT2D eigenvalue weighted by Crippen LogP contribution is 2.34. The van der Waals surface area contributed by atoms with Crippen LogP contribution in [0, 0.1) is 15.4 Å². The van der Waals surface area contributed by atoms with Crippen LogP contribution in [-0.2, 0) is 6.42 Å². The predicted molar refractivity (Wildman–Crippen MR) is 86.8 cm³/mol. The van der Waals surface area contributed by atoms with Crippen LogP contribution in [0.4, 0.5) is 0 Å². The van der Waals surface area contributed by atoms with E-state index in [1.165, 1.54) is 34.8 Å². The van der Waals surface area contributed by atoms with Crippen molar-refractivity contribution in [3.05, 3.63) is 33.4 Å². The van der Waals surface area contributed by atoms with Crippen molar-refractivity contribution in [3.8, 4) is 0 Å². The van der Waals surface area contributed by atoms with Gasteiger partial charge in [0, 0.05) is 9.61 Å². The van der Waals surface area contributed by atoms with E-state index in [0.29, 0.717) is 6.04 Å². The van der Waals surface area contributed by atoms with E-state index in [1.54, 1.807) is 0 Å². The molecule has 0 aromatic heterocycles. The van der Waals surface area contributed by atoms with E-state index in [2.05, 4.69) is 66.0 Å². The maximum Gasteiger partial charge on any atom is 0.0138 e. The molecule has 3 unspecified atom stereocenters. The summed E-state index contributed by atoms with van der Waals surface area (Å²) in [6.45, 7) is 5.73. The van der Waals surface area contributed by atoms with Gasteiger partial charge >= 0.3 is 0 Å².